The van der Waals surface area contributed by atoms with E-state index in [1.807, 2.05) is 19.1 Å². The van der Waals surface area contributed by atoms with E-state index < -0.39 is 0 Å². The molecule has 5 nitrogen and oxygen atoms in total. The van der Waals surface area contributed by atoms with Crippen LogP contribution in [0.5, 0.6) is 0 Å². The van der Waals surface area contributed by atoms with E-state index >= 15 is 0 Å². The minimum absolute atomic E-state index is 0.111. The van der Waals surface area contributed by atoms with Crippen molar-refractivity contribution < 1.29 is 4.42 Å². The zero-order chi connectivity index (χ0) is 12.0. The van der Waals surface area contributed by atoms with Gasteiger partial charge in [-0.1, -0.05) is 0 Å². The molecule has 0 bridgehead atoms. The maximum Gasteiger partial charge on any atom is 0.272 e. The first-order valence-corrected chi connectivity index (χ1v) is 5.29. The van der Waals surface area contributed by atoms with Crippen molar-refractivity contribution >= 4 is 5.65 Å². The minimum atomic E-state index is -0.111. The lowest BCUT2D eigenvalue weighted by atomic mass is 10.2. The van der Waals surface area contributed by atoms with Crippen LogP contribution in [0.2, 0.25) is 0 Å². The average molecular weight is 229 g/mol. The third-order valence-electron chi connectivity index (χ3n) is 2.73. The van der Waals surface area contributed by atoms with Crippen LogP contribution in [0.3, 0.4) is 0 Å². The number of fused-ring (bicyclic) bond motifs is 1. The van der Waals surface area contributed by atoms with Crippen molar-refractivity contribution in [3.05, 3.63) is 46.3 Å². The van der Waals surface area contributed by atoms with Crippen molar-refractivity contribution in [3.8, 4) is 11.3 Å². The summed E-state index contributed by atoms with van der Waals surface area (Å²) in [5.74, 6) is 0.807. The van der Waals surface area contributed by atoms with Crippen LogP contribution in [0, 0.1) is 13.8 Å². The zero-order valence-electron chi connectivity index (χ0n) is 9.52. The molecule has 0 unspecified atom stereocenters. The first-order chi connectivity index (χ1) is 8.15. The molecule has 0 amide bonds. The van der Waals surface area contributed by atoms with Crippen molar-refractivity contribution in [2.45, 2.75) is 13.8 Å². The molecule has 0 saturated carbocycles. The van der Waals surface area contributed by atoms with Gasteiger partial charge < -0.3 is 4.42 Å². The smallest absolute Gasteiger partial charge is 0.272 e. The molecule has 0 radical (unpaired) electrons. The van der Waals surface area contributed by atoms with Gasteiger partial charge in [0, 0.05) is 23.4 Å². The molecule has 3 heterocycles. The van der Waals surface area contributed by atoms with Crippen molar-refractivity contribution in [2.24, 2.45) is 0 Å². The molecule has 5 heteroatoms. The van der Waals surface area contributed by atoms with E-state index in [2.05, 4.69) is 10.1 Å². The van der Waals surface area contributed by atoms with Crippen molar-refractivity contribution in [2.75, 3.05) is 0 Å². The monoisotopic (exact) mass is 229 g/mol. The molecule has 0 aliphatic carbocycles. The highest BCUT2D eigenvalue weighted by Crippen LogP contribution is 2.23. The Balaban J connectivity index is 2.31. The summed E-state index contributed by atoms with van der Waals surface area (Å²) in [4.78, 5) is 16.0. The van der Waals surface area contributed by atoms with Crippen molar-refractivity contribution in [1.29, 1.82) is 0 Å². The Labute approximate surface area is 96.7 Å². The quantitative estimate of drug-likeness (QED) is 0.693. The largest absolute Gasteiger partial charge is 0.469 e. The van der Waals surface area contributed by atoms with Crippen molar-refractivity contribution in [3.63, 3.8) is 0 Å². The van der Waals surface area contributed by atoms with Gasteiger partial charge in [0.2, 0.25) is 0 Å². The predicted octanol–water partition coefficient (Wildman–Crippen LogP) is 1.90. The maximum absolute atomic E-state index is 11.7. The van der Waals surface area contributed by atoms with Gasteiger partial charge >= 0.3 is 0 Å². The summed E-state index contributed by atoms with van der Waals surface area (Å²) in [7, 11) is 0. The van der Waals surface area contributed by atoms with E-state index in [0.717, 1.165) is 17.0 Å². The lowest BCUT2D eigenvalue weighted by Gasteiger charge is -1.93. The van der Waals surface area contributed by atoms with E-state index in [1.54, 1.807) is 13.2 Å². The number of rotatable bonds is 1. The molecule has 0 fully saturated rings. The summed E-state index contributed by atoms with van der Waals surface area (Å²) in [6.07, 6.45) is 1.62. The standard InChI is InChI=1S/C12H11N3O2/c1-7-5-12(16)15-11(13-7)6-10(14-15)9-3-4-17-8(9)2/h3-6,14H,1-2H3. The van der Waals surface area contributed by atoms with E-state index in [4.69, 9.17) is 4.42 Å². The van der Waals surface area contributed by atoms with Gasteiger partial charge in [0.05, 0.1) is 12.0 Å². The fraction of sp³-hybridized carbons (Fsp3) is 0.167. The lowest BCUT2D eigenvalue weighted by Crippen LogP contribution is -2.14. The number of H-pyrrole nitrogens is 1. The number of hydrogen-bond acceptors (Lipinski definition) is 3. The zero-order valence-corrected chi connectivity index (χ0v) is 9.52. The Bertz CT molecular complexity index is 749. The van der Waals surface area contributed by atoms with E-state index in [9.17, 15) is 4.79 Å². The van der Waals surface area contributed by atoms with Crippen LogP contribution in [0.1, 0.15) is 11.5 Å². The van der Waals surface area contributed by atoms with Gasteiger partial charge in [0.1, 0.15) is 5.76 Å². The first kappa shape index (κ1) is 9.89. The van der Waals surface area contributed by atoms with Crippen LogP contribution >= 0.6 is 0 Å². The topological polar surface area (TPSA) is 63.3 Å². The molecule has 3 aromatic heterocycles. The molecule has 3 rings (SSSR count). The molecule has 0 aromatic carbocycles. The average Bonchev–Trinajstić information content (AvgIpc) is 2.83. The number of furan rings is 1. The van der Waals surface area contributed by atoms with Crippen molar-refractivity contribution in [1.82, 2.24) is 14.6 Å². The predicted molar refractivity (Wildman–Crippen MR) is 63.0 cm³/mol. The lowest BCUT2D eigenvalue weighted by molar-refractivity contribution is 0.535. The highest BCUT2D eigenvalue weighted by Gasteiger charge is 2.09. The summed E-state index contributed by atoms with van der Waals surface area (Å²) in [6, 6.07) is 5.19. The molecular formula is C12H11N3O2. The fourth-order valence-electron chi connectivity index (χ4n) is 1.91. The maximum atomic E-state index is 11.7. The summed E-state index contributed by atoms with van der Waals surface area (Å²) < 4.78 is 6.67. The van der Waals surface area contributed by atoms with Crippen LogP contribution in [0.4, 0.5) is 0 Å². The number of aromatic amines is 1. The molecule has 0 aliphatic heterocycles. The molecule has 0 aliphatic rings. The summed E-state index contributed by atoms with van der Waals surface area (Å²) in [5, 5.41) is 3.02. The van der Waals surface area contributed by atoms with Gasteiger partial charge in [-0.15, -0.1) is 0 Å². The highest BCUT2D eigenvalue weighted by atomic mass is 16.3. The summed E-state index contributed by atoms with van der Waals surface area (Å²) in [6.45, 7) is 3.68. The Morgan fingerprint density at radius 2 is 2.18 bits per heavy atom. The van der Waals surface area contributed by atoms with Crippen LogP contribution < -0.4 is 5.56 Å². The van der Waals surface area contributed by atoms with Gasteiger partial charge in [-0.2, -0.15) is 0 Å². The molecule has 3 aromatic rings. The molecule has 17 heavy (non-hydrogen) atoms. The van der Waals surface area contributed by atoms with Gasteiger partial charge in [0.15, 0.2) is 5.65 Å². The van der Waals surface area contributed by atoms with Crippen LogP contribution in [0.15, 0.2) is 33.7 Å². The Morgan fingerprint density at radius 1 is 1.35 bits per heavy atom. The van der Waals surface area contributed by atoms with E-state index in [0.29, 0.717) is 11.3 Å². The number of aromatic nitrogens is 3. The molecule has 0 atom stereocenters. The molecule has 0 spiro atoms. The SMILES string of the molecule is Cc1cc(=O)n2[nH]c(-c3ccoc3C)cc2n1. The summed E-state index contributed by atoms with van der Waals surface area (Å²) >= 11 is 0. The van der Waals surface area contributed by atoms with E-state index in [-0.39, 0.29) is 5.56 Å². The van der Waals surface area contributed by atoms with Crippen LogP contribution in [-0.2, 0) is 0 Å². The fourth-order valence-corrected chi connectivity index (χ4v) is 1.91. The number of nitrogens with one attached hydrogen (secondary N) is 1. The second kappa shape index (κ2) is 3.35. The highest BCUT2D eigenvalue weighted by molar-refractivity contribution is 5.65. The number of nitrogens with zero attached hydrogens (tertiary/aromatic N) is 2. The van der Waals surface area contributed by atoms with Gasteiger partial charge in [-0.3, -0.25) is 9.89 Å². The third kappa shape index (κ3) is 1.47. The van der Waals surface area contributed by atoms with Gasteiger partial charge in [-0.25, -0.2) is 9.50 Å². The summed E-state index contributed by atoms with van der Waals surface area (Å²) in [5.41, 5.74) is 2.98. The molecule has 1 N–H and O–H groups in total. The first-order valence-electron chi connectivity index (χ1n) is 5.29. The Kier molecular flexibility index (Phi) is 1.95. The second-order valence-electron chi connectivity index (χ2n) is 3.99. The van der Waals surface area contributed by atoms with E-state index in [1.165, 1.54) is 10.6 Å². The number of hydrogen-bond donors (Lipinski definition) is 1. The third-order valence-corrected chi connectivity index (χ3v) is 2.73. The Hall–Kier alpha value is -2.30. The second-order valence-corrected chi connectivity index (χ2v) is 3.99. The van der Waals surface area contributed by atoms with Crippen LogP contribution in [-0.4, -0.2) is 14.6 Å². The molecule has 0 saturated heterocycles. The molecule has 86 valence electrons. The molecular weight excluding hydrogens is 218 g/mol. The van der Waals surface area contributed by atoms with Gasteiger partial charge in [-0.05, 0) is 19.9 Å². The minimum Gasteiger partial charge on any atom is -0.469 e. The van der Waals surface area contributed by atoms with Crippen LogP contribution in [0.25, 0.3) is 16.9 Å². The Morgan fingerprint density at radius 3 is 2.88 bits per heavy atom. The van der Waals surface area contributed by atoms with Gasteiger partial charge in [0.25, 0.3) is 5.56 Å². The normalized spacial score (nSPS) is 11.2. The number of aryl methyl sites for hydroxylation is 2.